The van der Waals surface area contributed by atoms with Crippen molar-refractivity contribution in [2.24, 2.45) is 0 Å². The fourth-order valence-electron chi connectivity index (χ4n) is 2.25. The highest BCUT2D eigenvalue weighted by molar-refractivity contribution is 6.30. The van der Waals surface area contributed by atoms with E-state index in [4.69, 9.17) is 11.6 Å². The number of anilines is 1. The van der Waals surface area contributed by atoms with Gasteiger partial charge in [0.25, 0.3) is 5.91 Å². The summed E-state index contributed by atoms with van der Waals surface area (Å²) < 4.78 is 0. The van der Waals surface area contributed by atoms with E-state index in [1.807, 2.05) is 12.1 Å². The van der Waals surface area contributed by atoms with Gasteiger partial charge >= 0.3 is 0 Å². The van der Waals surface area contributed by atoms with E-state index < -0.39 is 6.04 Å². The van der Waals surface area contributed by atoms with Gasteiger partial charge in [-0.15, -0.1) is 0 Å². The molecule has 0 aromatic heterocycles. The van der Waals surface area contributed by atoms with E-state index in [2.05, 4.69) is 31.4 Å². The molecular formula is C20H23ClN2O2. The molecule has 2 aromatic rings. The van der Waals surface area contributed by atoms with Crippen molar-refractivity contribution in [1.82, 2.24) is 5.32 Å². The first kappa shape index (κ1) is 19.0. The van der Waals surface area contributed by atoms with E-state index >= 15 is 0 Å². The van der Waals surface area contributed by atoms with Gasteiger partial charge in [0.15, 0.2) is 0 Å². The third kappa shape index (κ3) is 5.33. The van der Waals surface area contributed by atoms with E-state index in [9.17, 15) is 9.59 Å². The number of hydrogen-bond donors (Lipinski definition) is 2. The van der Waals surface area contributed by atoms with Gasteiger partial charge in [-0.1, -0.05) is 44.5 Å². The molecule has 25 heavy (non-hydrogen) atoms. The molecule has 0 spiro atoms. The van der Waals surface area contributed by atoms with E-state index in [1.54, 1.807) is 43.3 Å². The highest BCUT2D eigenvalue weighted by Gasteiger charge is 2.18. The zero-order valence-electron chi connectivity index (χ0n) is 14.9. The van der Waals surface area contributed by atoms with Crippen molar-refractivity contribution >= 4 is 29.1 Å². The SMILES string of the molecule is C[C@@H](NC(=O)c1ccc(C(C)(C)C)cc1)C(=O)Nc1ccc(Cl)cc1. The number of amides is 2. The molecule has 0 aliphatic carbocycles. The summed E-state index contributed by atoms with van der Waals surface area (Å²) in [5.74, 6) is -0.568. The van der Waals surface area contributed by atoms with Gasteiger partial charge < -0.3 is 10.6 Å². The second kappa shape index (κ2) is 7.70. The molecule has 0 aliphatic heterocycles. The molecule has 2 rings (SSSR count). The summed E-state index contributed by atoms with van der Waals surface area (Å²) in [5.41, 5.74) is 2.34. The fraction of sp³-hybridized carbons (Fsp3) is 0.300. The molecule has 0 unspecified atom stereocenters. The number of carbonyl (C=O) groups is 2. The third-order valence-electron chi connectivity index (χ3n) is 3.87. The van der Waals surface area contributed by atoms with Crippen molar-refractivity contribution in [3.8, 4) is 0 Å². The monoisotopic (exact) mass is 358 g/mol. The smallest absolute Gasteiger partial charge is 0.251 e. The van der Waals surface area contributed by atoms with E-state index in [0.717, 1.165) is 5.56 Å². The first-order chi connectivity index (χ1) is 11.7. The highest BCUT2D eigenvalue weighted by Crippen LogP contribution is 2.22. The van der Waals surface area contributed by atoms with Crippen LogP contribution in [0.5, 0.6) is 0 Å². The van der Waals surface area contributed by atoms with Gasteiger partial charge in [-0.05, 0) is 54.3 Å². The summed E-state index contributed by atoms with van der Waals surface area (Å²) in [6.07, 6.45) is 0. The minimum Gasteiger partial charge on any atom is -0.341 e. The third-order valence-corrected chi connectivity index (χ3v) is 4.12. The Morgan fingerprint density at radius 3 is 2.04 bits per heavy atom. The van der Waals surface area contributed by atoms with Crippen molar-refractivity contribution in [3.05, 3.63) is 64.7 Å². The van der Waals surface area contributed by atoms with Crippen LogP contribution < -0.4 is 10.6 Å². The predicted molar refractivity (Wildman–Crippen MR) is 102 cm³/mol. The van der Waals surface area contributed by atoms with Gasteiger partial charge in [0.1, 0.15) is 6.04 Å². The van der Waals surface area contributed by atoms with Gasteiger partial charge in [0.2, 0.25) is 5.91 Å². The van der Waals surface area contributed by atoms with Gasteiger partial charge in [-0.3, -0.25) is 9.59 Å². The molecular weight excluding hydrogens is 336 g/mol. The fourth-order valence-corrected chi connectivity index (χ4v) is 2.38. The lowest BCUT2D eigenvalue weighted by Crippen LogP contribution is -2.41. The Morgan fingerprint density at radius 2 is 1.52 bits per heavy atom. The second-order valence-electron chi connectivity index (χ2n) is 7.02. The average molecular weight is 359 g/mol. The van der Waals surface area contributed by atoms with Crippen LogP contribution >= 0.6 is 11.6 Å². The molecule has 132 valence electrons. The maximum absolute atomic E-state index is 12.3. The maximum atomic E-state index is 12.3. The number of rotatable bonds is 4. The van der Waals surface area contributed by atoms with Crippen LogP contribution in [-0.4, -0.2) is 17.9 Å². The number of nitrogens with one attached hydrogen (secondary N) is 2. The van der Waals surface area contributed by atoms with Crippen LogP contribution in [0.15, 0.2) is 48.5 Å². The van der Waals surface area contributed by atoms with Gasteiger partial charge in [0.05, 0.1) is 0 Å². The van der Waals surface area contributed by atoms with Crippen LogP contribution in [0.1, 0.15) is 43.6 Å². The number of hydrogen-bond acceptors (Lipinski definition) is 2. The molecule has 2 aromatic carbocycles. The summed E-state index contributed by atoms with van der Waals surface area (Å²) in [7, 11) is 0. The Morgan fingerprint density at radius 1 is 0.960 bits per heavy atom. The molecule has 4 nitrogen and oxygen atoms in total. The second-order valence-corrected chi connectivity index (χ2v) is 7.46. The molecule has 2 N–H and O–H groups in total. The summed E-state index contributed by atoms with van der Waals surface area (Å²) in [4.78, 5) is 24.5. The minimum atomic E-state index is -0.662. The Balaban J connectivity index is 1.97. The standard InChI is InChI=1S/C20H23ClN2O2/c1-13(18(24)23-17-11-9-16(21)10-12-17)22-19(25)14-5-7-15(8-6-14)20(2,3)4/h5-13H,1-4H3,(H,22,25)(H,23,24)/t13-/m1/s1. The van der Waals surface area contributed by atoms with Crippen LogP contribution in [-0.2, 0) is 10.2 Å². The lowest BCUT2D eigenvalue weighted by atomic mass is 9.86. The van der Waals surface area contributed by atoms with Crippen molar-refractivity contribution in [3.63, 3.8) is 0 Å². The molecule has 1 atom stereocenters. The number of halogens is 1. The summed E-state index contributed by atoms with van der Waals surface area (Å²) in [6, 6.07) is 13.6. The molecule has 0 saturated heterocycles. The maximum Gasteiger partial charge on any atom is 0.251 e. The van der Waals surface area contributed by atoms with E-state index in [1.165, 1.54) is 0 Å². The van der Waals surface area contributed by atoms with Crippen LogP contribution in [0.3, 0.4) is 0 Å². The van der Waals surface area contributed by atoms with Gasteiger partial charge in [-0.25, -0.2) is 0 Å². The molecule has 0 fully saturated rings. The molecule has 0 radical (unpaired) electrons. The molecule has 0 heterocycles. The largest absolute Gasteiger partial charge is 0.341 e. The molecule has 2 amide bonds. The number of carbonyl (C=O) groups excluding carboxylic acids is 2. The Labute approximate surface area is 153 Å². The van der Waals surface area contributed by atoms with Gasteiger partial charge in [-0.2, -0.15) is 0 Å². The Hall–Kier alpha value is -2.33. The van der Waals surface area contributed by atoms with Crippen molar-refractivity contribution < 1.29 is 9.59 Å². The molecule has 5 heteroatoms. The first-order valence-electron chi connectivity index (χ1n) is 8.14. The predicted octanol–water partition coefficient (Wildman–Crippen LogP) is 4.39. The zero-order valence-corrected chi connectivity index (χ0v) is 15.6. The topological polar surface area (TPSA) is 58.2 Å². The van der Waals surface area contributed by atoms with Gasteiger partial charge in [0, 0.05) is 16.3 Å². The van der Waals surface area contributed by atoms with Crippen molar-refractivity contribution in [2.45, 2.75) is 39.2 Å². The zero-order chi connectivity index (χ0) is 18.6. The number of benzene rings is 2. The van der Waals surface area contributed by atoms with Crippen LogP contribution in [0.4, 0.5) is 5.69 Å². The lowest BCUT2D eigenvalue weighted by molar-refractivity contribution is -0.117. The average Bonchev–Trinajstić information content (AvgIpc) is 2.56. The molecule has 0 saturated carbocycles. The van der Waals surface area contributed by atoms with Crippen LogP contribution in [0, 0.1) is 0 Å². The van der Waals surface area contributed by atoms with Crippen molar-refractivity contribution in [2.75, 3.05) is 5.32 Å². The Kier molecular flexibility index (Phi) is 5.85. The van der Waals surface area contributed by atoms with E-state index in [0.29, 0.717) is 16.3 Å². The molecule has 0 bridgehead atoms. The Bertz CT molecular complexity index is 747. The summed E-state index contributed by atoms with van der Waals surface area (Å²) in [6.45, 7) is 7.99. The lowest BCUT2D eigenvalue weighted by Gasteiger charge is -2.19. The first-order valence-corrected chi connectivity index (χ1v) is 8.52. The minimum absolute atomic E-state index is 0.0285. The summed E-state index contributed by atoms with van der Waals surface area (Å²) in [5, 5.41) is 6.05. The van der Waals surface area contributed by atoms with Crippen molar-refractivity contribution in [1.29, 1.82) is 0 Å². The molecule has 0 aliphatic rings. The quantitative estimate of drug-likeness (QED) is 0.851. The normalized spacial score (nSPS) is 12.4. The summed E-state index contributed by atoms with van der Waals surface area (Å²) >= 11 is 5.82. The van der Waals surface area contributed by atoms with Crippen LogP contribution in [0.2, 0.25) is 5.02 Å². The van der Waals surface area contributed by atoms with Crippen LogP contribution in [0.25, 0.3) is 0 Å². The van der Waals surface area contributed by atoms with E-state index in [-0.39, 0.29) is 17.2 Å². The highest BCUT2D eigenvalue weighted by atomic mass is 35.5.